The molecule has 0 aliphatic heterocycles. The summed E-state index contributed by atoms with van der Waals surface area (Å²) in [6.07, 6.45) is 0. The van der Waals surface area contributed by atoms with Crippen LogP contribution in [0.3, 0.4) is 0 Å². The van der Waals surface area contributed by atoms with E-state index in [1.807, 2.05) is 0 Å². The van der Waals surface area contributed by atoms with Gasteiger partial charge in [0.05, 0.1) is 0 Å². The number of ether oxygens (including phenoxy) is 3. The first-order valence-electron chi connectivity index (χ1n) is 3.59. The summed E-state index contributed by atoms with van der Waals surface area (Å²) in [4.78, 5) is 20.4. The topological polar surface area (TPSA) is 61.8 Å². The van der Waals surface area contributed by atoms with E-state index in [0.717, 1.165) is 0 Å². The zero-order valence-electron chi connectivity index (χ0n) is 7.63. The highest BCUT2D eigenvalue weighted by molar-refractivity contribution is 6.61. The van der Waals surface area contributed by atoms with Crippen molar-refractivity contribution in [2.24, 2.45) is 0 Å². The van der Waals surface area contributed by atoms with E-state index >= 15 is 0 Å². The summed E-state index contributed by atoms with van der Waals surface area (Å²) in [5.74, 6) is 0.0556. The molecular weight excluding hydrogens is 247 g/mol. The summed E-state index contributed by atoms with van der Waals surface area (Å²) in [7, 11) is 0. The number of rotatable bonds is 6. The van der Waals surface area contributed by atoms with Crippen LogP contribution in [0.2, 0.25) is 0 Å². The SMILES string of the molecule is C=C(COCC(=C)OC(=O)Cl)OC(=O)Cl. The van der Waals surface area contributed by atoms with Gasteiger partial charge in [0.2, 0.25) is 0 Å². The number of carbonyl (C=O) groups is 2. The Balaban J connectivity index is 3.61. The van der Waals surface area contributed by atoms with Crippen molar-refractivity contribution in [2.75, 3.05) is 13.2 Å². The van der Waals surface area contributed by atoms with Gasteiger partial charge < -0.3 is 14.2 Å². The number of halogens is 2. The molecule has 0 fully saturated rings. The van der Waals surface area contributed by atoms with Crippen LogP contribution >= 0.6 is 23.2 Å². The monoisotopic (exact) mass is 254 g/mol. The fraction of sp³-hybridized carbons (Fsp3) is 0.250. The largest absolute Gasteiger partial charge is 0.417 e. The van der Waals surface area contributed by atoms with Gasteiger partial charge in [-0.05, 0) is 0 Å². The van der Waals surface area contributed by atoms with Gasteiger partial charge in [0, 0.05) is 23.2 Å². The maximum absolute atomic E-state index is 10.2. The molecular formula is C8H8Cl2O5. The number of hydrogen-bond acceptors (Lipinski definition) is 5. The molecule has 7 heteroatoms. The molecule has 0 atom stereocenters. The van der Waals surface area contributed by atoms with Gasteiger partial charge in [-0.1, -0.05) is 13.2 Å². The van der Waals surface area contributed by atoms with Gasteiger partial charge in [-0.15, -0.1) is 0 Å². The van der Waals surface area contributed by atoms with E-state index in [2.05, 4.69) is 22.6 Å². The molecule has 0 amide bonds. The predicted molar refractivity (Wildman–Crippen MR) is 53.8 cm³/mol. The highest BCUT2D eigenvalue weighted by atomic mass is 35.5. The van der Waals surface area contributed by atoms with Crippen LogP contribution in [0.4, 0.5) is 9.59 Å². The Morgan fingerprint density at radius 1 is 0.933 bits per heavy atom. The van der Waals surface area contributed by atoms with Crippen LogP contribution in [0.25, 0.3) is 0 Å². The standard InChI is InChI=1S/C8H8Cl2O5/c1-5(14-7(9)11)3-13-4-6(2)15-8(10)12/h1-4H2. The molecule has 0 bridgehead atoms. The lowest BCUT2D eigenvalue weighted by Gasteiger charge is -2.06. The van der Waals surface area contributed by atoms with Crippen LogP contribution in [0, 0.1) is 0 Å². The van der Waals surface area contributed by atoms with E-state index in [1.54, 1.807) is 0 Å². The third kappa shape index (κ3) is 9.27. The molecule has 0 heterocycles. The predicted octanol–water partition coefficient (Wildman–Crippen LogP) is 2.78. The first-order chi connectivity index (χ1) is 6.91. The van der Waals surface area contributed by atoms with Crippen molar-refractivity contribution in [3.63, 3.8) is 0 Å². The maximum atomic E-state index is 10.2. The van der Waals surface area contributed by atoms with Crippen molar-refractivity contribution < 1.29 is 23.8 Å². The van der Waals surface area contributed by atoms with Crippen molar-refractivity contribution in [3.8, 4) is 0 Å². The van der Waals surface area contributed by atoms with E-state index in [-0.39, 0.29) is 24.7 Å². The van der Waals surface area contributed by atoms with Crippen molar-refractivity contribution in [1.29, 1.82) is 0 Å². The molecule has 0 saturated heterocycles. The number of hydrogen-bond donors (Lipinski definition) is 0. The Kier molecular flexibility index (Phi) is 6.77. The molecule has 0 aromatic carbocycles. The summed E-state index contributed by atoms with van der Waals surface area (Å²) in [6.45, 7) is 6.50. The van der Waals surface area contributed by atoms with Crippen molar-refractivity contribution in [1.82, 2.24) is 0 Å². The van der Waals surface area contributed by atoms with Gasteiger partial charge >= 0.3 is 10.9 Å². The average Bonchev–Trinajstić information content (AvgIpc) is 2.00. The molecule has 0 unspecified atom stereocenters. The van der Waals surface area contributed by atoms with E-state index in [4.69, 9.17) is 27.9 Å². The van der Waals surface area contributed by atoms with Gasteiger partial charge in [-0.3, -0.25) is 0 Å². The quantitative estimate of drug-likeness (QED) is 0.539. The smallest absolute Gasteiger partial charge is 0.408 e. The minimum absolute atomic E-state index is 0.0278. The van der Waals surface area contributed by atoms with Crippen LogP contribution in [-0.2, 0) is 14.2 Å². The van der Waals surface area contributed by atoms with E-state index in [9.17, 15) is 9.59 Å². The minimum Gasteiger partial charge on any atom is -0.417 e. The highest BCUT2D eigenvalue weighted by Gasteiger charge is 2.04. The van der Waals surface area contributed by atoms with Crippen LogP contribution < -0.4 is 0 Å². The Hall–Kier alpha value is -1.04. The maximum Gasteiger partial charge on any atom is 0.408 e. The van der Waals surface area contributed by atoms with Crippen LogP contribution in [-0.4, -0.2) is 24.1 Å². The minimum atomic E-state index is -1.00. The van der Waals surface area contributed by atoms with Crippen molar-refractivity contribution >= 4 is 34.1 Å². The van der Waals surface area contributed by atoms with Crippen molar-refractivity contribution in [3.05, 3.63) is 24.7 Å². The first-order valence-corrected chi connectivity index (χ1v) is 4.35. The normalized spacial score (nSPS) is 9.20. The second kappa shape index (κ2) is 7.28. The Labute approximate surface area is 96.2 Å². The fourth-order valence-corrected chi connectivity index (χ4v) is 0.783. The lowest BCUT2D eigenvalue weighted by Crippen LogP contribution is -2.07. The zero-order chi connectivity index (χ0) is 11.8. The third-order valence-electron chi connectivity index (χ3n) is 0.975. The van der Waals surface area contributed by atoms with E-state index in [1.165, 1.54) is 0 Å². The molecule has 0 spiro atoms. The zero-order valence-corrected chi connectivity index (χ0v) is 9.14. The van der Waals surface area contributed by atoms with Gasteiger partial charge in [0.25, 0.3) is 0 Å². The average molecular weight is 255 g/mol. The Bertz CT molecular complexity index is 259. The van der Waals surface area contributed by atoms with Gasteiger partial charge in [0.1, 0.15) is 24.7 Å². The summed E-state index contributed by atoms with van der Waals surface area (Å²) in [5.41, 5.74) is -2.01. The highest BCUT2D eigenvalue weighted by Crippen LogP contribution is 2.02. The lowest BCUT2D eigenvalue weighted by atomic mass is 10.5. The van der Waals surface area contributed by atoms with Gasteiger partial charge in [0.15, 0.2) is 0 Å². The fourth-order valence-electron chi connectivity index (χ4n) is 0.565. The van der Waals surface area contributed by atoms with E-state index < -0.39 is 10.9 Å². The van der Waals surface area contributed by atoms with Crippen LogP contribution in [0.15, 0.2) is 24.7 Å². The van der Waals surface area contributed by atoms with Gasteiger partial charge in [-0.25, -0.2) is 9.59 Å². The Morgan fingerprint density at radius 3 is 1.53 bits per heavy atom. The van der Waals surface area contributed by atoms with Crippen LogP contribution in [0.1, 0.15) is 0 Å². The molecule has 0 aromatic rings. The van der Waals surface area contributed by atoms with Gasteiger partial charge in [-0.2, -0.15) is 0 Å². The molecule has 0 aliphatic rings. The molecule has 84 valence electrons. The molecule has 0 aliphatic carbocycles. The lowest BCUT2D eigenvalue weighted by molar-refractivity contribution is 0.110. The molecule has 0 N–H and O–H groups in total. The first kappa shape index (κ1) is 14.0. The molecule has 0 saturated carbocycles. The molecule has 0 radical (unpaired) electrons. The second-order valence-corrected chi connectivity index (χ2v) is 2.87. The molecule has 0 aromatic heterocycles. The third-order valence-corrected chi connectivity index (χ3v) is 1.13. The second-order valence-electron chi connectivity index (χ2n) is 2.25. The molecule has 5 nitrogen and oxygen atoms in total. The summed E-state index contributed by atoms with van der Waals surface area (Å²) in [6, 6.07) is 0. The summed E-state index contributed by atoms with van der Waals surface area (Å²) < 4.78 is 13.6. The summed E-state index contributed by atoms with van der Waals surface area (Å²) >= 11 is 9.80. The number of carbonyl (C=O) groups excluding carboxylic acids is 2. The Morgan fingerprint density at radius 2 is 1.27 bits per heavy atom. The molecule has 0 rings (SSSR count). The molecule has 15 heavy (non-hydrogen) atoms. The van der Waals surface area contributed by atoms with Crippen LogP contribution in [0.5, 0.6) is 0 Å². The van der Waals surface area contributed by atoms with Crippen molar-refractivity contribution in [2.45, 2.75) is 0 Å². The van der Waals surface area contributed by atoms with E-state index in [0.29, 0.717) is 0 Å². The summed E-state index contributed by atoms with van der Waals surface area (Å²) in [5, 5.41) is 0.